The van der Waals surface area contributed by atoms with Crippen molar-refractivity contribution in [3.63, 3.8) is 0 Å². The lowest BCUT2D eigenvalue weighted by Crippen LogP contribution is -2.37. The molecule has 0 aromatic heterocycles. The van der Waals surface area contributed by atoms with Crippen LogP contribution in [-0.2, 0) is 0 Å². The van der Waals surface area contributed by atoms with Crippen LogP contribution in [0, 0.1) is 11.8 Å². The van der Waals surface area contributed by atoms with Crippen LogP contribution in [0.25, 0.3) is 0 Å². The summed E-state index contributed by atoms with van der Waals surface area (Å²) in [4.78, 5) is 2.66. The highest BCUT2D eigenvalue weighted by Gasteiger charge is 2.37. The molecule has 3 unspecified atom stereocenters. The van der Waals surface area contributed by atoms with Crippen LogP contribution in [0.4, 0.5) is 0 Å². The van der Waals surface area contributed by atoms with Gasteiger partial charge >= 0.3 is 0 Å². The maximum absolute atomic E-state index is 5.62. The molecule has 1 aliphatic carbocycles. The number of piperidine rings is 1. The van der Waals surface area contributed by atoms with Gasteiger partial charge in [0.15, 0.2) is 0 Å². The molecule has 2 rings (SSSR count). The Balaban J connectivity index is 1.82. The molecule has 2 aliphatic rings. The Morgan fingerprint density at radius 1 is 1.50 bits per heavy atom. The number of hydrogen-bond acceptors (Lipinski definition) is 2. The van der Waals surface area contributed by atoms with Gasteiger partial charge in [-0.3, -0.25) is 4.90 Å². The van der Waals surface area contributed by atoms with Gasteiger partial charge in [0.25, 0.3) is 0 Å². The number of nitrogens with zero attached hydrogens (tertiary/aromatic N) is 1. The van der Waals surface area contributed by atoms with Gasteiger partial charge in [0.1, 0.15) is 0 Å². The van der Waals surface area contributed by atoms with Crippen LogP contribution in [0.2, 0.25) is 0 Å². The average Bonchev–Trinajstić information content (AvgIpc) is 2.64. The normalized spacial score (nSPS) is 37.5. The van der Waals surface area contributed by atoms with Crippen molar-refractivity contribution >= 4 is 0 Å². The lowest BCUT2D eigenvalue weighted by atomic mass is 10.1. The number of fused-ring (bicyclic) bond motifs is 2. The van der Waals surface area contributed by atoms with Crippen LogP contribution in [0.5, 0.6) is 0 Å². The zero-order valence-electron chi connectivity index (χ0n) is 8.00. The minimum Gasteiger partial charge on any atom is -0.330 e. The minimum atomic E-state index is 0.685. The summed E-state index contributed by atoms with van der Waals surface area (Å²) in [6, 6.07) is 0.920. The first-order valence-electron chi connectivity index (χ1n) is 5.23. The molecule has 0 amide bonds. The minimum absolute atomic E-state index is 0.685. The molecule has 0 aromatic carbocycles. The maximum atomic E-state index is 5.62. The van der Waals surface area contributed by atoms with Crippen LogP contribution < -0.4 is 5.73 Å². The Morgan fingerprint density at radius 2 is 2.33 bits per heavy atom. The molecular weight excluding hydrogens is 148 g/mol. The fourth-order valence-electron chi connectivity index (χ4n) is 2.73. The Bertz CT molecular complexity index is 158. The fraction of sp³-hybridized carbons (Fsp3) is 1.00. The highest BCUT2D eigenvalue weighted by Crippen LogP contribution is 2.37. The van der Waals surface area contributed by atoms with Gasteiger partial charge in [-0.1, -0.05) is 6.92 Å². The van der Waals surface area contributed by atoms with Crippen LogP contribution in [0.1, 0.15) is 26.2 Å². The molecule has 1 saturated heterocycles. The summed E-state index contributed by atoms with van der Waals surface area (Å²) in [6.07, 6.45) is 4.40. The summed E-state index contributed by atoms with van der Waals surface area (Å²) in [7, 11) is 0. The molecule has 0 spiro atoms. The molecule has 70 valence electrons. The predicted molar refractivity (Wildman–Crippen MR) is 50.9 cm³/mol. The molecule has 0 radical (unpaired) electrons. The highest BCUT2D eigenvalue weighted by molar-refractivity contribution is 4.92. The van der Waals surface area contributed by atoms with E-state index in [-0.39, 0.29) is 0 Å². The van der Waals surface area contributed by atoms with Crippen LogP contribution in [0.15, 0.2) is 0 Å². The van der Waals surface area contributed by atoms with Crippen LogP contribution >= 0.6 is 0 Å². The van der Waals surface area contributed by atoms with E-state index in [1.54, 1.807) is 0 Å². The monoisotopic (exact) mass is 168 g/mol. The second-order valence-electron chi connectivity index (χ2n) is 4.63. The van der Waals surface area contributed by atoms with E-state index >= 15 is 0 Å². The van der Waals surface area contributed by atoms with E-state index in [1.807, 2.05) is 0 Å². The molecule has 2 N–H and O–H groups in total. The summed E-state index contributed by atoms with van der Waals surface area (Å²) >= 11 is 0. The van der Waals surface area contributed by atoms with E-state index < -0.39 is 0 Å². The maximum Gasteiger partial charge on any atom is 0.00987 e. The topological polar surface area (TPSA) is 29.3 Å². The first-order valence-corrected chi connectivity index (χ1v) is 5.23. The summed E-state index contributed by atoms with van der Waals surface area (Å²) in [6.45, 7) is 5.69. The molecule has 3 atom stereocenters. The van der Waals surface area contributed by atoms with Crippen LogP contribution in [0.3, 0.4) is 0 Å². The predicted octanol–water partition coefficient (Wildman–Crippen LogP) is 1.07. The summed E-state index contributed by atoms with van der Waals surface area (Å²) in [5.74, 6) is 1.71. The third kappa shape index (κ3) is 1.50. The van der Waals surface area contributed by atoms with Crippen molar-refractivity contribution in [3.8, 4) is 0 Å². The van der Waals surface area contributed by atoms with Gasteiger partial charge in [-0.05, 0) is 37.6 Å². The van der Waals surface area contributed by atoms with Gasteiger partial charge in [-0.2, -0.15) is 0 Å². The second kappa shape index (κ2) is 3.35. The quantitative estimate of drug-likeness (QED) is 0.683. The highest BCUT2D eigenvalue weighted by atomic mass is 15.2. The molecule has 0 aromatic rings. The van der Waals surface area contributed by atoms with Gasteiger partial charge in [-0.25, -0.2) is 0 Å². The lowest BCUT2D eigenvalue weighted by Gasteiger charge is -2.28. The van der Waals surface area contributed by atoms with E-state index in [0.29, 0.717) is 5.92 Å². The van der Waals surface area contributed by atoms with Crippen molar-refractivity contribution in [2.45, 2.75) is 32.2 Å². The van der Waals surface area contributed by atoms with Crippen molar-refractivity contribution < 1.29 is 0 Å². The van der Waals surface area contributed by atoms with Crippen molar-refractivity contribution in [1.82, 2.24) is 4.90 Å². The van der Waals surface area contributed by atoms with E-state index in [4.69, 9.17) is 5.73 Å². The first-order chi connectivity index (χ1) is 5.79. The Labute approximate surface area is 75.1 Å². The third-order valence-electron chi connectivity index (χ3n) is 3.47. The smallest absolute Gasteiger partial charge is 0.00987 e. The van der Waals surface area contributed by atoms with E-state index in [9.17, 15) is 0 Å². The van der Waals surface area contributed by atoms with Crippen molar-refractivity contribution in [2.75, 3.05) is 19.6 Å². The molecule has 2 fully saturated rings. The number of likely N-dealkylation sites (tertiary alicyclic amines) is 1. The average molecular weight is 168 g/mol. The van der Waals surface area contributed by atoms with Gasteiger partial charge in [0.2, 0.25) is 0 Å². The SMILES string of the molecule is CC(CN)CN1CC2CCC1C2. The zero-order valence-corrected chi connectivity index (χ0v) is 8.00. The third-order valence-corrected chi connectivity index (χ3v) is 3.47. The largest absolute Gasteiger partial charge is 0.330 e. The zero-order chi connectivity index (χ0) is 8.55. The van der Waals surface area contributed by atoms with E-state index in [0.717, 1.165) is 18.5 Å². The molecule has 1 aliphatic heterocycles. The summed E-state index contributed by atoms with van der Waals surface area (Å²) < 4.78 is 0. The molecule has 1 saturated carbocycles. The van der Waals surface area contributed by atoms with E-state index in [1.165, 1.54) is 32.4 Å². The fourth-order valence-corrected chi connectivity index (χ4v) is 2.73. The lowest BCUT2D eigenvalue weighted by molar-refractivity contribution is 0.188. The number of hydrogen-bond donors (Lipinski definition) is 1. The standard InChI is InChI=1S/C10H20N2/c1-8(5-11)6-12-7-9-2-3-10(12)4-9/h8-10H,2-7,11H2,1H3. The molecule has 2 heteroatoms. The molecular formula is C10H20N2. The molecule has 2 nitrogen and oxygen atoms in total. The molecule has 1 heterocycles. The Kier molecular flexibility index (Phi) is 2.37. The number of nitrogens with two attached hydrogens (primary N) is 1. The van der Waals surface area contributed by atoms with E-state index in [2.05, 4.69) is 11.8 Å². The van der Waals surface area contributed by atoms with Crippen LogP contribution in [-0.4, -0.2) is 30.6 Å². The second-order valence-corrected chi connectivity index (χ2v) is 4.63. The van der Waals surface area contributed by atoms with Crippen molar-refractivity contribution in [3.05, 3.63) is 0 Å². The van der Waals surface area contributed by atoms with Gasteiger partial charge in [0.05, 0.1) is 0 Å². The van der Waals surface area contributed by atoms with Gasteiger partial charge < -0.3 is 5.73 Å². The summed E-state index contributed by atoms with van der Waals surface area (Å²) in [5.41, 5.74) is 5.62. The Morgan fingerprint density at radius 3 is 2.83 bits per heavy atom. The Hall–Kier alpha value is -0.0800. The summed E-state index contributed by atoms with van der Waals surface area (Å²) in [5, 5.41) is 0. The number of rotatable bonds is 3. The first kappa shape index (κ1) is 8.52. The van der Waals surface area contributed by atoms with Crippen molar-refractivity contribution in [2.24, 2.45) is 17.6 Å². The van der Waals surface area contributed by atoms with Gasteiger partial charge in [0, 0.05) is 19.1 Å². The molecule has 2 bridgehead atoms. The van der Waals surface area contributed by atoms with Crippen molar-refractivity contribution in [1.29, 1.82) is 0 Å². The molecule has 12 heavy (non-hydrogen) atoms. The van der Waals surface area contributed by atoms with Gasteiger partial charge in [-0.15, -0.1) is 0 Å².